The van der Waals surface area contributed by atoms with Gasteiger partial charge in [0.05, 0.1) is 17.7 Å². The molecule has 3 rings (SSSR count). The maximum absolute atomic E-state index is 13.7. The van der Waals surface area contributed by atoms with Crippen LogP contribution in [0, 0.1) is 17.2 Å². The first-order valence-corrected chi connectivity index (χ1v) is 14.2. The van der Waals surface area contributed by atoms with E-state index in [1.807, 2.05) is 44.2 Å². The molecule has 1 aliphatic rings. The summed E-state index contributed by atoms with van der Waals surface area (Å²) in [7, 11) is 0. The highest BCUT2D eigenvalue weighted by molar-refractivity contribution is 5.90. The van der Waals surface area contributed by atoms with Gasteiger partial charge in [-0.3, -0.25) is 14.4 Å². The van der Waals surface area contributed by atoms with Crippen LogP contribution < -0.4 is 16.0 Å². The van der Waals surface area contributed by atoms with E-state index in [4.69, 9.17) is 10.00 Å². The molecule has 0 radical (unpaired) electrons. The summed E-state index contributed by atoms with van der Waals surface area (Å²) in [5, 5.41) is 18.3. The second-order valence-corrected chi connectivity index (χ2v) is 11.3. The van der Waals surface area contributed by atoms with Gasteiger partial charge in [-0.1, -0.05) is 74.6 Å². The average Bonchev–Trinajstić information content (AvgIpc) is 2.94. The number of carbonyl (C=O) groups is 3. The number of rotatable bonds is 13. The van der Waals surface area contributed by atoms with Crippen LogP contribution in [0.2, 0.25) is 0 Å². The van der Waals surface area contributed by atoms with Gasteiger partial charge in [0.25, 0.3) is 0 Å². The van der Waals surface area contributed by atoms with Crippen molar-refractivity contribution in [1.29, 1.82) is 5.26 Å². The Balaban J connectivity index is 1.73. The molecule has 8 heteroatoms. The number of amides is 2. The Labute approximate surface area is 237 Å². The van der Waals surface area contributed by atoms with E-state index in [-0.39, 0.29) is 24.3 Å². The van der Waals surface area contributed by atoms with Crippen molar-refractivity contribution >= 4 is 17.8 Å². The SMILES string of the molecule is CC(=O)OC(C)(C)CN[C@H](CC1CCCCC1)C(=O)N[C@@H](Cc1ccccc1)C(=O)NCc1ccc(C#N)cc1. The molecule has 0 aromatic heterocycles. The lowest BCUT2D eigenvalue weighted by Crippen LogP contribution is -2.55. The van der Waals surface area contributed by atoms with Crippen LogP contribution in [0.3, 0.4) is 0 Å². The largest absolute Gasteiger partial charge is 0.458 e. The summed E-state index contributed by atoms with van der Waals surface area (Å²) in [5.41, 5.74) is 1.58. The van der Waals surface area contributed by atoms with Gasteiger partial charge in [-0.15, -0.1) is 0 Å². The molecule has 1 aliphatic carbocycles. The first kappa shape index (κ1) is 30.8. The van der Waals surface area contributed by atoms with Crippen molar-refractivity contribution < 1.29 is 19.1 Å². The standard InChI is InChI=1S/C32H42N4O4/c1-23(37)40-32(2,3)22-35-28(18-24-10-6-4-7-11-24)31(39)36-29(19-25-12-8-5-9-13-25)30(38)34-21-27-16-14-26(20-33)15-17-27/h5,8-9,12-17,24,28-29,35H,4,6-7,10-11,18-19,21-22H2,1-3H3,(H,34,38)(H,36,39)/t28-,29+/m1/s1. The van der Waals surface area contributed by atoms with Crippen LogP contribution >= 0.6 is 0 Å². The summed E-state index contributed by atoms with van der Waals surface area (Å²) in [6, 6.07) is 17.4. The Hall–Kier alpha value is -3.70. The zero-order valence-corrected chi connectivity index (χ0v) is 23.9. The van der Waals surface area contributed by atoms with E-state index in [2.05, 4.69) is 22.0 Å². The maximum atomic E-state index is 13.7. The molecule has 40 heavy (non-hydrogen) atoms. The predicted octanol–water partition coefficient (Wildman–Crippen LogP) is 4.17. The number of hydrogen-bond donors (Lipinski definition) is 3. The molecule has 0 spiro atoms. The Morgan fingerprint density at radius 1 is 0.950 bits per heavy atom. The van der Waals surface area contributed by atoms with Crippen LogP contribution in [0.25, 0.3) is 0 Å². The molecule has 0 aliphatic heterocycles. The van der Waals surface area contributed by atoms with Crippen LogP contribution in [0.15, 0.2) is 54.6 Å². The Morgan fingerprint density at radius 2 is 1.62 bits per heavy atom. The third-order valence-electron chi connectivity index (χ3n) is 7.27. The Kier molecular flexibility index (Phi) is 11.7. The van der Waals surface area contributed by atoms with Crippen molar-refractivity contribution in [3.05, 3.63) is 71.3 Å². The summed E-state index contributed by atoms with van der Waals surface area (Å²) in [4.78, 5) is 38.6. The lowest BCUT2D eigenvalue weighted by molar-refractivity contribution is -0.153. The summed E-state index contributed by atoms with van der Waals surface area (Å²) < 4.78 is 5.43. The van der Waals surface area contributed by atoms with Crippen LogP contribution in [-0.2, 0) is 32.1 Å². The summed E-state index contributed by atoms with van der Waals surface area (Å²) in [6.45, 7) is 5.59. The Morgan fingerprint density at radius 3 is 2.25 bits per heavy atom. The van der Waals surface area contributed by atoms with E-state index >= 15 is 0 Å². The minimum atomic E-state index is -0.779. The lowest BCUT2D eigenvalue weighted by atomic mass is 9.84. The fourth-order valence-electron chi connectivity index (χ4n) is 5.17. The molecule has 2 amide bonds. The third-order valence-corrected chi connectivity index (χ3v) is 7.27. The highest BCUT2D eigenvalue weighted by atomic mass is 16.6. The number of nitrogens with one attached hydrogen (secondary N) is 3. The second-order valence-electron chi connectivity index (χ2n) is 11.3. The number of esters is 1. The molecule has 2 aromatic carbocycles. The summed E-state index contributed by atoms with van der Waals surface area (Å²) in [5.74, 6) is -0.467. The quantitative estimate of drug-likeness (QED) is 0.324. The second kappa shape index (κ2) is 15.2. The van der Waals surface area contributed by atoms with E-state index in [9.17, 15) is 14.4 Å². The lowest BCUT2D eigenvalue weighted by Gasteiger charge is -2.31. The minimum absolute atomic E-state index is 0.237. The molecule has 2 aromatic rings. The van der Waals surface area contributed by atoms with Crippen molar-refractivity contribution in [2.24, 2.45) is 5.92 Å². The molecule has 2 atom stereocenters. The van der Waals surface area contributed by atoms with E-state index < -0.39 is 17.7 Å². The van der Waals surface area contributed by atoms with Gasteiger partial charge in [-0.05, 0) is 49.4 Å². The van der Waals surface area contributed by atoms with E-state index in [1.54, 1.807) is 24.3 Å². The number of nitrogens with zero attached hydrogens (tertiary/aromatic N) is 1. The molecule has 8 nitrogen and oxygen atoms in total. The number of ether oxygens (including phenoxy) is 1. The van der Waals surface area contributed by atoms with Crippen molar-refractivity contribution in [3.8, 4) is 6.07 Å². The van der Waals surface area contributed by atoms with Crippen LogP contribution in [0.1, 0.15) is 76.0 Å². The van der Waals surface area contributed by atoms with Gasteiger partial charge >= 0.3 is 5.97 Å². The monoisotopic (exact) mass is 546 g/mol. The minimum Gasteiger partial charge on any atom is -0.458 e. The zero-order chi connectivity index (χ0) is 29.0. The van der Waals surface area contributed by atoms with Gasteiger partial charge in [0, 0.05) is 26.4 Å². The first-order valence-electron chi connectivity index (χ1n) is 14.2. The molecule has 214 valence electrons. The molecule has 0 unspecified atom stereocenters. The van der Waals surface area contributed by atoms with E-state index in [0.29, 0.717) is 30.9 Å². The fraction of sp³-hybridized carbons (Fsp3) is 0.500. The number of nitriles is 1. The van der Waals surface area contributed by atoms with E-state index in [0.717, 1.165) is 36.8 Å². The van der Waals surface area contributed by atoms with Gasteiger partial charge in [0.2, 0.25) is 11.8 Å². The molecule has 3 N–H and O–H groups in total. The van der Waals surface area contributed by atoms with Crippen molar-refractivity contribution in [3.63, 3.8) is 0 Å². The summed E-state index contributed by atoms with van der Waals surface area (Å²) >= 11 is 0. The molecule has 1 fully saturated rings. The third kappa shape index (κ3) is 10.5. The molecular formula is C32H42N4O4. The molecule has 1 saturated carbocycles. The van der Waals surface area contributed by atoms with Crippen LogP contribution in [0.5, 0.6) is 0 Å². The number of hydrogen-bond acceptors (Lipinski definition) is 6. The van der Waals surface area contributed by atoms with Gasteiger partial charge in [0.1, 0.15) is 11.6 Å². The van der Waals surface area contributed by atoms with Crippen LogP contribution in [-0.4, -0.2) is 42.0 Å². The molecule has 0 bridgehead atoms. The van der Waals surface area contributed by atoms with Gasteiger partial charge < -0.3 is 20.7 Å². The molecule has 0 saturated heterocycles. The average molecular weight is 547 g/mol. The topological polar surface area (TPSA) is 120 Å². The molecular weight excluding hydrogens is 504 g/mol. The van der Waals surface area contributed by atoms with Gasteiger partial charge in [0.15, 0.2) is 0 Å². The predicted molar refractivity (Wildman–Crippen MR) is 154 cm³/mol. The Bertz CT molecular complexity index is 1150. The summed E-state index contributed by atoms with van der Waals surface area (Å²) in [6.07, 6.45) is 6.71. The van der Waals surface area contributed by atoms with Crippen molar-refractivity contribution in [2.75, 3.05) is 6.54 Å². The molecule has 0 heterocycles. The highest BCUT2D eigenvalue weighted by Crippen LogP contribution is 2.27. The van der Waals surface area contributed by atoms with Crippen molar-refractivity contribution in [2.45, 2.75) is 89.9 Å². The number of carbonyl (C=O) groups excluding carboxylic acids is 3. The fourth-order valence-corrected chi connectivity index (χ4v) is 5.17. The van der Waals surface area contributed by atoms with Gasteiger partial charge in [-0.2, -0.15) is 5.26 Å². The first-order chi connectivity index (χ1) is 19.1. The van der Waals surface area contributed by atoms with Crippen molar-refractivity contribution in [1.82, 2.24) is 16.0 Å². The van der Waals surface area contributed by atoms with E-state index in [1.165, 1.54) is 13.3 Å². The number of benzene rings is 2. The highest BCUT2D eigenvalue weighted by Gasteiger charge is 2.31. The van der Waals surface area contributed by atoms with Crippen LogP contribution in [0.4, 0.5) is 0 Å². The van der Waals surface area contributed by atoms with Gasteiger partial charge in [-0.25, -0.2) is 0 Å². The smallest absolute Gasteiger partial charge is 0.303 e. The maximum Gasteiger partial charge on any atom is 0.303 e. The normalized spacial score (nSPS) is 15.3. The zero-order valence-electron chi connectivity index (χ0n) is 23.9.